The number of hydrogen-bond donors (Lipinski definition) is 0. The van der Waals surface area contributed by atoms with Crippen LogP contribution in [-0.2, 0) is 16.0 Å². The normalized spacial score (nSPS) is 10.9. The molecule has 0 amide bonds. The van der Waals surface area contributed by atoms with Gasteiger partial charge >= 0.3 is 0 Å². The molecule has 0 aliphatic heterocycles. The van der Waals surface area contributed by atoms with Gasteiger partial charge in [0.05, 0.1) is 25.7 Å². The molecule has 0 bridgehead atoms. The lowest BCUT2D eigenvalue weighted by molar-refractivity contribution is 0.0662. The fourth-order valence-electron chi connectivity index (χ4n) is 1.90. The minimum Gasteiger partial charge on any atom is -0.382 e. The first-order valence-corrected chi connectivity index (χ1v) is 6.47. The first kappa shape index (κ1) is 15.2. The zero-order valence-electron chi connectivity index (χ0n) is 11.2. The van der Waals surface area contributed by atoms with E-state index in [-0.39, 0.29) is 11.7 Å². The molecule has 0 spiro atoms. The first-order chi connectivity index (χ1) is 8.61. The van der Waals surface area contributed by atoms with Crippen molar-refractivity contribution in [2.75, 3.05) is 32.8 Å². The maximum absolute atomic E-state index is 11.6. The van der Waals surface area contributed by atoms with Crippen molar-refractivity contribution in [2.24, 2.45) is 0 Å². The summed E-state index contributed by atoms with van der Waals surface area (Å²) in [5.74, 6) is -0.00873. The number of aromatic nitrogens is 1. The molecular weight excluding hydrogens is 254 g/mol. The first-order valence-electron chi connectivity index (χ1n) is 5.94. The van der Waals surface area contributed by atoms with Crippen molar-refractivity contribution < 1.29 is 14.3 Å². The number of carbonyl (C=O) groups is 1. The minimum absolute atomic E-state index is 0.0225. The summed E-state index contributed by atoms with van der Waals surface area (Å²) in [6.45, 7) is 6.43. The zero-order valence-corrected chi connectivity index (χ0v) is 11.9. The number of Topliss-reactive ketones (excluding diaryl/α,β-unsaturated/α-hetero) is 1. The number of hydrogen-bond acceptors (Lipinski definition) is 3. The average Bonchev–Trinajstić information content (AvgIpc) is 2.65. The van der Waals surface area contributed by atoms with Gasteiger partial charge in [0.25, 0.3) is 0 Å². The molecule has 0 fully saturated rings. The fraction of sp³-hybridized carbons (Fsp3) is 0.615. The maximum Gasteiger partial charge on any atom is 0.179 e. The second-order valence-electron chi connectivity index (χ2n) is 4.10. The fourth-order valence-corrected chi connectivity index (χ4v) is 2.04. The van der Waals surface area contributed by atoms with Crippen LogP contribution in [-0.4, -0.2) is 43.2 Å². The van der Waals surface area contributed by atoms with Crippen molar-refractivity contribution >= 4 is 17.4 Å². The lowest BCUT2D eigenvalue weighted by atomic mass is 10.2. The molecule has 0 saturated carbocycles. The van der Waals surface area contributed by atoms with Crippen LogP contribution in [0.15, 0.2) is 6.07 Å². The quantitative estimate of drug-likeness (QED) is 0.414. The highest BCUT2D eigenvalue weighted by Crippen LogP contribution is 2.16. The van der Waals surface area contributed by atoms with Crippen LogP contribution < -0.4 is 0 Å². The SMILES string of the molecule is COCCOCCn1c(C)cc(C(=O)CCl)c1C. The Morgan fingerprint density at radius 1 is 1.33 bits per heavy atom. The molecule has 0 aliphatic carbocycles. The molecule has 0 saturated heterocycles. The number of rotatable bonds is 8. The van der Waals surface area contributed by atoms with E-state index in [2.05, 4.69) is 4.57 Å². The van der Waals surface area contributed by atoms with E-state index >= 15 is 0 Å². The molecule has 1 aromatic rings. The van der Waals surface area contributed by atoms with Gasteiger partial charge in [0.2, 0.25) is 0 Å². The van der Waals surface area contributed by atoms with E-state index in [1.807, 2.05) is 19.9 Å². The van der Waals surface area contributed by atoms with E-state index in [4.69, 9.17) is 21.1 Å². The lowest BCUT2D eigenvalue weighted by Crippen LogP contribution is -2.12. The van der Waals surface area contributed by atoms with Gasteiger partial charge in [-0.25, -0.2) is 0 Å². The van der Waals surface area contributed by atoms with Crippen LogP contribution in [0.2, 0.25) is 0 Å². The Hall–Kier alpha value is -0.840. The van der Waals surface area contributed by atoms with Gasteiger partial charge in [0.1, 0.15) is 0 Å². The topological polar surface area (TPSA) is 40.5 Å². The van der Waals surface area contributed by atoms with Crippen molar-refractivity contribution in [1.82, 2.24) is 4.57 Å². The number of ether oxygens (including phenoxy) is 2. The average molecular weight is 274 g/mol. The van der Waals surface area contributed by atoms with E-state index in [9.17, 15) is 4.79 Å². The Balaban J connectivity index is 2.60. The summed E-state index contributed by atoms with van der Waals surface area (Å²) in [5.41, 5.74) is 2.71. The summed E-state index contributed by atoms with van der Waals surface area (Å²) in [7, 11) is 1.65. The summed E-state index contributed by atoms with van der Waals surface area (Å²) in [6.07, 6.45) is 0. The molecule has 0 atom stereocenters. The van der Waals surface area contributed by atoms with Gasteiger partial charge in [-0.15, -0.1) is 11.6 Å². The van der Waals surface area contributed by atoms with Crippen molar-refractivity contribution in [2.45, 2.75) is 20.4 Å². The number of alkyl halides is 1. The molecule has 1 aromatic heterocycles. The molecular formula is C13H20ClNO3. The maximum atomic E-state index is 11.6. The molecule has 1 heterocycles. The summed E-state index contributed by atoms with van der Waals surface area (Å²) < 4.78 is 12.4. The second-order valence-corrected chi connectivity index (χ2v) is 4.37. The number of methoxy groups -OCH3 is 1. The monoisotopic (exact) mass is 273 g/mol. The van der Waals surface area contributed by atoms with Crippen molar-refractivity contribution in [3.8, 4) is 0 Å². The molecule has 18 heavy (non-hydrogen) atoms. The highest BCUT2D eigenvalue weighted by Gasteiger charge is 2.14. The Morgan fingerprint density at radius 3 is 2.67 bits per heavy atom. The third kappa shape index (κ3) is 3.83. The standard InChI is InChI=1S/C13H20ClNO3/c1-10-8-12(13(16)9-14)11(2)15(10)4-5-18-7-6-17-3/h8H,4-7,9H2,1-3H3. The van der Waals surface area contributed by atoms with Gasteiger partial charge in [0.15, 0.2) is 5.78 Å². The lowest BCUT2D eigenvalue weighted by Gasteiger charge is -2.10. The summed E-state index contributed by atoms with van der Waals surface area (Å²) in [6, 6.07) is 1.88. The molecule has 5 heteroatoms. The Kier molecular flexibility index (Phi) is 6.39. The van der Waals surface area contributed by atoms with Crippen LogP contribution in [0.3, 0.4) is 0 Å². The number of halogens is 1. The van der Waals surface area contributed by atoms with Crippen LogP contribution in [0, 0.1) is 13.8 Å². The smallest absolute Gasteiger partial charge is 0.179 e. The largest absolute Gasteiger partial charge is 0.382 e. The van der Waals surface area contributed by atoms with Crippen LogP contribution in [0.1, 0.15) is 21.7 Å². The van der Waals surface area contributed by atoms with Gasteiger partial charge in [-0.05, 0) is 19.9 Å². The van der Waals surface area contributed by atoms with Crippen molar-refractivity contribution in [3.05, 3.63) is 23.0 Å². The van der Waals surface area contributed by atoms with Gasteiger partial charge < -0.3 is 14.0 Å². The van der Waals surface area contributed by atoms with E-state index in [0.29, 0.717) is 25.4 Å². The van der Waals surface area contributed by atoms with Crippen LogP contribution in [0.5, 0.6) is 0 Å². The molecule has 0 aromatic carbocycles. The number of ketones is 1. The second kappa shape index (κ2) is 7.56. The molecule has 0 aliphatic rings. The van der Waals surface area contributed by atoms with E-state index in [1.54, 1.807) is 7.11 Å². The number of nitrogens with zero attached hydrogens (tertiary/aromatic N) is 1. The Bertz CT molecular complexity index is 401. The third-order valence-corrected chi connectivity index (χ3v) is 3.13. The Morgan fingerprint density at radius 2 is 2.06 bits per heavy atom. The van der Waals surface area contributed by atoms with Gasteiger partial charge in [-0.3, -0.25) is 4.79 Å². The predicted octanol–water partition coefficient (Wildman–Crippen LogP) is 2.19. The van der Waals surface area contributed by atoms with Crippen molar-refractivity contribution in [1.29, 1.82) is 0 Å². The Labute approximate surface area is 113 Å². The zero-order chi connectivity index (χ0) is 13.5. The predicted molar refractivity (Wildman–Crippen MR) is 71.7 cm³/mol. The van der Waals surface area contributed by atoms with Crippen LogP contribution >= 0.6 is 11.6 Å². The third-order valence-electron chi connectivity index (χ3n) is 2.89. The summed E-state index contributed by atoms with van der Waals surface area (Å²) in [4.78, 5) is 11.6. The molecule has 0 radical (unpaired) electrons. The van der Waals surface area contributed by atoms with Gasteiger partial charge in [0, 0.05) is 30.6 Å². The number of carbonyl (C=O) groups excluding carboxylic acids is 1. The van der Waals surface area contributed by atoms with Gasteiger partial charge in [-0.2, -0.15) is 0 Å². The summed E-state index contributed by atoms with van der Waals surface area (Å²) >= 11 is 5.58. The molecule has 0 unspecified atom stereocenters. The molecule has 1 rings (SSSR count). The van der Waals surface area contributed by atoms with Crippen molar-refractivity contribution in [3.63, 3.8) is 0 Å². The van der Waals surface area contributed by atoms with Crippen LogP contribution in [0.25, 0.3) is 0 Å². The molecule has 4 nitrogen and oxygen atoms in total. The van der Waals surface area contributed by atoms with Gasteiger partial charge in [-0.1, -0.05) is 0 Å². The highest BCUT2D eigenvalue weighted by atomic mass is 35.5. The minimum atomic E-state index is -0.0312. The van der Waals surface area contributed by atoms with E-state index in [0.717, 1.165) is 17.9 Å². The van der Waals surface area contributed by atoms with E-state index < -0.39 is 0 Å². The highest BCUT2D eigenvalue weighted by molar-refractivity contribution is 6.30. The summed E-state index contributed by atoms with van der Waals surface area (Å²) in [5, 5.41) is 0. The van der Waals surface area contributed by atoms with E-state index in [1.165, 1.54) is 0 Å². The molecule has 102 valence electrons. The molecule has 0 N–H and O–H groups in total. The van der Waals surface area contributed by atoms with Crippen LogP contribution in [0.4, 0.5) is 0 Å². The number of aryl methyl sites for hydroxylation is 1.